The molecule has 37 heavy (non-hydrogen) atoms. The second-order valence-electron chi connectivity index (χ2n) is 7.72. The number of methoxy groups -OCH3 is 1. The number of nitrogens with zero attached hydrogens (tertiary/aromatic N) is 1. The van der Waals surface area contributed by atoms with Crippen LogP contribution in [0.15, 0.2) is 95.8 Å². The molecule has 194 valence electrons. The number of nitrogens with one attached hydrogen (secondary N) is 1. The first kappa shape index (κ1) is 27.5. The number of hydrogen-bond donors (Lipinski definition) is 2. The zero-order chi connectivity index (χ0) is 27.2. The molecule has 1 amide bonds. The van der Waals surface area contributed by atoms with Crippen LogP contribution in [0.5, 0.6) is 0 Å². The summed E-state index contributed by atoms with van der Waals surface area (Å²) < 4.78 is 82.9. The molecule has 0 aromatic heterocycles. The second kappa shape index (κ2) is 11.3. The highest BCUT2D eigenvalue weighted by Gasteiger charge is 2.31. The Morgan fingerprint density at radius 3 is 1.86 bits per heavy atom. The predicted octanol–water partition coefficient (Wildman–Crippen LogP) is 6.13. The van der Waals surface area contributed by atoms with Crippen molar-refractivity contribution >= 4 is 17.2 Å². The summed E-state index contributed by atoms with van der Waals surface area (Å²) in [5.41, 5.74) is -0.262. The van der Waals surface area contributed by atoms with E-state index in [2.05, 4.69) is 10.5 Å². The molecule has 0 aliphatic heterocycles. The van der Waals surface area contributed by atoms with E-state index in [4.69, 9.17) is 9.94 Å². The summed E-state index contributed by atoms with van der Waals surface area (Å²) in [5.74, 6) is -0.564. The molecule has 1 aliphatic rings. The first-order valence-corrected chi connectivity index (χ1v) is 10.6. The van der Waals surface area contributed by atoms with Crippen LogP contribution in [0.1, 0.15) is 22.3 Å². The molecule has 1 aliphatic carbocycles. The summed E-state index contributed by atoms with van der Waals surface area (Å²) >= 11 is 0. The Morgan fingerprint density at radius 2 is 1.43 bits per heavy atom. The first-order chi connectivity index (χ1) is 17.4. The van der Waals surface area contributed by atoms with Crippen molar-refractivity contribution < 1.29 is 41.1 Å². The monoisotopic (exact) mass is 522 g/mol. The van der Waals surface area contributed by atoms with E-state index in [0.717, 1.165) is 30.3 Å². The van der Waals surface area contributed by atoms with Crippen LogP contribution in [0, 0.1) is 0 Å². The van der Waals surface area contributed by atoms with Gasteiger partial charge in [-0.25, -0.2) is 0 Å². The lowest BCUT2D eigenvalue weighted by Gasteiger charge is -2.16. The molecule has 3 rings (SSSR count). The van der Waals surface area contributed by atoms with Gasteiger partial charge in [0, 0.05) is 18.9 Å². The molecular weight excluding hydrogens is 502 g/mol. The Morgan fingerprint density at radius 1 is 0.919 bits per heavy atom. The molecule has 2 aromatic rings. The molecule has 0 fully saturated rings. The Bertz CT molecular complexity index is 1210. The molecule has 0 saturated heterocycles. The van der Waals surface area contributed by atoms with E-state index in [-0.39, 0.29) is 5.71 Å². The summed E-state index contributed by atoms with van der Waals surface area (Å²) in [6, 6.07) is 8.24. The van der Waals surface area contributed by atoms with Crippen molar-refractivity contribution in [1.29, 1.82) is 0 Å². The third kappa shape index (κ3) is 7.20. The summed E-state index contributed by atoms with van der Waals surface area (Å²) in [5, 5.41) is 14.6. The van der Waals surface area contributed by atoms with Gasteiger partial charge < -0.3 is 15.3 Å². The maximum atomic E-state index is 13.0. The van der Waals surface area contributed by atoms with Crippen molar-refractivity contribution in [2.45, 2.75) is 18.5 Å². The van der Waals surface area contributed by atoms with Crippen LogP contribution in [0.3, 0.4) is 0 Å². The molecule has 1 atom stereocenters. The minimum absolute atomic E-state index is 0.233. The minimum atomic E-state index is -4.55. The van der Waals surface area contributed by atoms with Crippen LogP contribution in [0.4, 0.5) is 26.3 Å². The fourth-order valence-electron chi connectivity index (χ4n) is 3.39. The highest BCUT2D eigenvalue weighted by molar-refractivity contribution is 6.01. The third-order valence-corrected chi connectivity index (χ3v) is 5.25. The van der Waals surface area contributed by atoms with Crippen molar-refractivity contribution in [3.8, 4) is 0 Å². The topological polar surface area (TPSA) is 70.9 Å². The molecule has 5 nitrogen and oxygen atoms in total. The van der Waals surface area contributed by atoms with Crippen LogP contribution < -0.4 is 5.32 Å². The van der Waals surface area contributed by atoms with Crippen molar-refractivity contribution in [2.24, 2.45) is 5.16 Å². The van der Waals surface area contributed by atoms with Crippen molar-refractivity contribution in [3.63, 3.8) is 0 Å². The molecule has 11 heteroatoms. The number of carbonyl (C=O) groups excluding carboxylic acids is 1. The van der Waals surface area contributed by atoms with E-state index in [0.29, 0.717) is 22.4 Å². The second-order valence-corrected chi connectivity index (χ2v) is 7.72. The van der Waals surface area contributed by atoms with Crippen molar-refractivity contribution in [2.75, 3.05) is 7.11 Å². The number of rotatable bonds is 6. The van der Waals surface area contributed by atoms with Gasteiger partial charge in [-0.05, 0) is 59.2 Å². The highest BCUT2D eigenvalue weighted by atomic mass is 19.4. The van der Waals surface area contributed by atoms with Crippen LogP contribution in [-0.4, -0.2) is 30.0 Å². The maximum Gasteiger partial charge on any atom is 0.416 e. The van der Waals surface area contributed by atoms with Gasteiger partial charge in [0.1, 0.15) is 11.8 Å². The number of alkyl halides is 6. The summed E-state index contributed by atoms with van der Waals surface area (Å²) in [6.07, 6.45) is -1.48. The van der Waals surface area contributed by atoms with E-state index in [1.54, 1.807) is 0 Å². The molecule has 2 N–H and O–H groups in total. The largest absolute Gasteiger partial charge is 0.416 e. The Hall–Kier alpha value is -4.12. The summed E-state index contributed by atoms with van der Waals surface area (Å²) in [7, 11) is 1.39. The SMILES string of the molecule is COC1C=C(NC(=O)C=CC=C(c2ccc(C(F)(F)F)cc2)c2ccc(C(F)(F)F)cc2)C=CC1=NO. The van der Waals surface area contributed by atoms with E-state index in [1.165, 1.54) is 61.8 Å². The van der Waals surface area contributed by atoms with Crippen LogP contribution in [0.2, 0.25) is 0 Å². The predicted molar refractivity (Wildman–Crippen MR) is 124 cm³/mol. The Balaban J connectivity index is 1.88. The molecule has 0 spiro atoms. The molecule has 2 aromatic carbocycles. The summed E-state index contributed by atoms with van der Waals surface area (Å²) in [4.78, 5) is 12.3. The number of benzene rings is 2. The number of allylic oxidation sites excluding steroid dienone is 3. The fourth-order valence-corrected chi connectivity index (χ4v) is 3.39. The number of oxime groups is 1. The lowest BCUT2D eigenvalue weighted by atomic mass is 9.95. The fraction of sp³-hybridized carbons (Fsp3) is 0.154. The normalized spacial score (nSPS) is 17.1. The van der Waals surface area contributed by atoms with Gasteiger partial charge in [-0.3, -0.25) is 4.79 Å². The van der Waals surface area contributed by atoms with Crippen LogP contribution in [0.25, 0.3) is 5.57 Å². The standard InChI is InChI=1S/C26H20F6N2O3/c1-37-23-15-20(13-14-22(23)34-36)33-24(35)4-2-3-21(16-5-9-18(10-6-16)25(27,28)29)17-7-11-19(12-8-17)26(30,31)32/h2-15,23,36H,1H3,(H,33,35). The highest BCUT2D eigenvalue weighted by Crippen LogP contribution is 2.33. The van der Waals surface area contributed by atoms with Crippen LogP contribution >= 0.6 is 0 Å². The number of halogens is 6. The van der Waals surface area contributed by atoms with Crippen LogP contribution in [-0.2, 0) is 21.9 Å². The van der Waals surface area contributed by atoms with Gasteiger partial charge in [0.05, 0.1) is 11.1 Å². The number of ether oxygens (including phenoxy) is 1. The van der Waals surface area contributed by atoms with Gasteiger partial charge in [-0.1, -0.05) is 41.6 Å². The smallest absolute Gasteiger partial charge is 0.411 e. The lowest BCUT2D eigenvalue weighted by Crippen LogP contribution is -2.27. The van der Waals surface area contributed by atoms with Crippen molar-refractivity contribution in [1.82, 2.24) is 5.32 Å². The molecule has 0 radical (unpaired) electrons. The third-order valence-electron chi connectivity index (χ3n) is 5.25. The van der Waals surface area contributed by atoms with Gasteiger partial charge in [0.25, 0.3) is 0 Å². The number of carbonyl (C=O) groups is 1. The van der Waals surface area contributed by atoms with Gasteiger partial charge >= 0.3 is 12.4 Å². The van der Waals surface area contributed by atoms with Crippen molar-refractivity contribution in [3.05, 3.63) is 113 Å². The van der Waals surface area contributed by atoms with Gasteiger partial charge in [-0.15, -0.1) is 0 Å². The van der Waals surface area contributed by atoms with Gasteiger partial charge in [-0.2, -0.15) is 26.3 Å². The van der Waals surface area contributed by atoms with E-state index < -0.39 is 35.5 Å². The van der Waals surface area contributed by atoms with Gasteiger partial charge in [0.15, 0.2) is 0 Å². The average molecular weight is 522 g/mol. The van der Waals surface area contributed by atoms with E-state index in [9.17, 15) is 31.1 Å². The molecule has 0 heterocycles. The van der Waals surface area contributed by atoms with E-state index >= 15 is 0 Å². The van der Waals surface area contributed by atoms with Gasteiger partial charge in [0.2, 0.25) is 5.91 Å². The number of hydrogen-bond acceptors (Lipinski definition) is 4. The Kier molecular flexibility index (Phi) is 8.38. The van der Waals surface area contributed by atoms with E-state index in [1.807, 2.05) is 0 Å². The average Bonchev–Trinajstić information content (AvgIpc) is 2.85. The Labute approximate surface area is 207 Å². The first-order valence-electron chi connectivity index (χ1n) is 10.6. The number of amides is 1. The zero-order valence-electron chi connectivity index (χ0n) is 19.1. The minimum Gasteiger partial charge on any atom is -0.411 e. The summed E-state index contributed by atoms with van der Waals surface area (Å²) in [6.45, 7) is 0. The zero-order valence-corrected chi connectivity index (χ0v) is 19.1. The lowest BCUT2D eigenvalue weighted by molar-refractivity contribution is -0.138. The quantitative estimate of drug-likeness (QED) is 0.158. The molecule has 0 bridgehead atoms. The molecule has 1 unspecified atom stereocenters. The maximum absolute atomic E-state index is 13.0. The molecule has 0 saturated carbocycles. The molecular formula is C26H20F6N2O3.